The largest absolute Gasteiger partial charge is 0.497 e. The molecule has 2 N–H and O–H groups in total. The van der Waals surface area contributed by atoms with E-state index in [9.17, 15) is 9.59 Å². The van der Waals surface area contributed by atoms with Gasteiger partial charge in [-0.1, -0.05) is 6.07 Å². The lowest BCUT2D eigenvalue weighted by Crippen LogP contribution is -2.33. The zero-order valence-corrected chi connectivity index (χ0v) is 18.7. The summed E-state index contributed by atoms with van der Waals surface area (Å²) in [7, 11) is 1.66. The summed E-state index contributed by atoms with van der Waals surface area (Å²) >= 11 is 0. The Morgan fingerprint density at radius 1 is 1.24 bits per heavy atom. The lowest BCUT2D eigenvalue weighted by molar-refractivity contribution is -0.119. The van der Waals surface area contributed by atoms with Gasteiger partial charge in [-0.25, -0.2) is 4.79 Å². The van der Waals surface area contributed by atoms with Crippen LogP contribution in [-0.2, 0) is 22.4 Å². The molecule has 1 aliphatic heterocycles. The number of amides is 2. The normalized spacial score (nSPS) is 17.1. The van der Waals surface area contributed by atoms with E-state index in [0.717, 1.165) is 53.2 Å². The maximum Gasteiger partial charge on any atom is 0.414 e. The molecule has 0 radical (unpaired) electrons. The number of anilines is 1. The van der Waals surface area contributed by atoms with Crippen LogP contribution in [0.5, 0.6) is 5.75 Å². The number of aryl methyl sites for hydroxylation is 1. The number of fused-ring (bicyclic) bond motifs is 3. The average Bonchev–Trinajstić information content (AvgIpc) is 3.36. The second kappa shape index (κ2) is 8.61. The molecule has 1 aliphatic carbocycles. The summed E-state index contributed by atoms with van der Waals surface area (Å²) in [6.07, 6.45) is 2.12. The first-order valence-electron chi connectivity index (χ1n) is 11.1. The number of aromatic nitrogens is 2. The van der Waals surface area contributed by atoms with Gasteiger partial charge in [0.2, 0.25) is 5.91 Å². The molecule has 33 heavy (non-hydrogen) atoms. The van der Waals surface area contributed by atoms with Crippen molar-refractivity contribution in [1.82, 2.24) is 15.5 Å². The number of H-pyrrole nitrogens is 1. The molecule has 2 heterocycles. The van der Waals surface area contributed by atoms with Crippen LogP contribution in [0.4, 0.5) is 10.5 Å². The summed E-state index contributed by atoms with van der Waals surface area (Å²) in [4.78, 5) is 25.3. The van der Waals surface area contributed by atoms with Crippen molar-refractivity contribution in [2.45, 2.75) is 32.3 Å². The third-order valence-electron chi connectivity index (χ3n) is 6.23. The smallest absolute Gasteiger partial charge is 0.414 e. The Bertz CT molecular complexity index is 1200. The molecule has 1 atom stereocenters. The number of benzene rings is 2. The van der Waals surface area contributed by atoms with Crippen LogP contribution >= 0.6 is 0 Å². The maximum absolute atomic E-state index is 12.5. The van der Waals surface area contributed by atoms with Gasteiger partial charge in [0.1, 0.15) is 11.9 Å². The minimum Gasteiger partial charge on any atom is -0.497 e. The van der Waals surface area contributed by atoms with Gasteiger partial charge in [-0.15, -0.1) is 0 Å². The monoisotopic (exact) mass is 446 g/mol. The summed E-state index contributed by atoms with van der Waals surface area (Å²) < 4.78 is 10.7. The van der Waals surface area contributed by atoms with E-state index in [4.69, 9.17) is 9.47 Å². The van der Waals surface area contributed by atoms with Crippen molar-refractivity contribution in [3.05, 3.63) is 53.6 Å². The number of ether oxygens (including phenoxy) is 2. The second-order valence-corrected chi connectivity index (χ2v) is 8.40. The van der Waals surface area contributed by atoms with E-state index in [1.54, 1.807) is 12.0 Å². The maximum atomic E-state index is 12.5. The summed E-state index contributed by atoms with van der Waals surface area (Å²) in [5.74, 6) is 0.665. The van der Waals surface area contributed by atoms with E-state index < -0.39 is 6.09 Å². The molecule has 1 saturated heterocycles. The molecule has 2 aromatic carbocycles. The van der Waals surface area contributed by atoms with Crippen LogP contribution in [0.1, 0.15) is 24.5 Å². The number of aromatic amines is 1. The molecule has 0 saturated carbocycles. The van der Waals surface area contributed by atoms with Gasteiger partial charge in [0.15, 0.2) is 0 Å². The van der Waals surface area contributed by atoms with Gasteiger partial charge < -0.3 is 14.8 Å². The summed E-state index contributed by atoms with van der Waals surface area (Å²) in [5.41, 5.74) is 7.23. The van der Waals surface area contributed by atoms with E-state index in [-0.39, 0.29) is 12.0 Å². The van der Waals surface area contributed by atoms with Gasteiger partial charge in [-0.3, -0.25) is 14.8 Å². The summed E-state index contributed by atoms with van der Waals surface area (Å²) in [6, 6.07) is 14.0. The van der Waals surface area contributed by atoms with Gasteiger partial charge >= 0.3 is 6.09 Å². The predicted molar refractivity (Wildman–Crippen MR) is 124 cm³/mol. The standard InChI is InChI=1S/C25H26N4O4/c1-15(30)26-13-20-14-29(25(31)33-20)18-9-6-16-4-3-5-21-23(27-28-24(21)22(16)12-18)17-7-10-19(32-2)11-8-17/h6-12,20H,3-5,13-14H2,1-2H3,(H,26,30)(H,27,28)/t20-/m0/s1. The van der Waals surface area contributed by atoms with E-state index in [2.05, 4.69) is 21.6 Å². The topological polar surface area (TPSA) is 96.6 Å². The molecule has 1 aromatic heterocycles. The van der Waals surface area contributed by atoms with Crippen molar-refractivity contribution in [1.29, 1.82) is 0 Å². The Morgan fingerprint density at radius 3 is 2.82 bits per heavy atom. The third-order valence-corrected chi connectivity index (χ3v) is 6.23. The quantitative estimate of drug-likeness (QED) is 0.623. The predicted octanol–water partition coefficient (Wildman–Crippen LogP) is 3.70. The molecule has 0 bridgehead atoms. The first-order chi connectivity index (χ1) is 16.0. The van der Waals surface area contributed by atoms with Crippen LogP contribution < -0.4 is 15.0 Å². The van der Waals surface area contributed by atoms with Crippen molar-refractivity contribution in [3.8, 4) is 28.3 Å². The van der Waals surface area contributed by atoms with Gasteiger partial charge in [0.25, 0.3) is 0 Å². The Labute approximate surface area is 191 Å². The number of methoxy groups -OCH3 is 1. The highest BCUT2D eigenvalue weighted by molar-refractivity contribution is 5.91. The molecule has 2 amide bonds. The first-order valence-corrected chi connectivity index (χ1v) is 11.1. The Morgan fingerprint density at radius 2 is 2.06 bits per heavy atom. The van der Waals surface area contributed by atoms with Crippen molar-refractivity contribution in [2.24, 2.45) is 0 Å². The van der Waals surface area contributed by atoms with Crippen molar-refractivity contribution < 1.29 is 19.1 Å². The molecule has 0 spiro atoms. The average molecular weight is 447 g/mol. The minimum absolute atomic E-state index is 0.144. The highest BCUT2D eigenvalue weighted by atomic mass is 16.6. The van der Waals surface area contributed by atoms with E-state index in [1.165, 1.54) is 18.1 Å². The highest BCUT2D eigenvalue weighted by Gasteiger charge is 2.33. The number of hydrogen-bond acceptors (Lipinski definition) is 5. The van der Waals surface area contributed by atoms with Crippen LogP contribution in [-0.4, -0.2) is 48.5 Å². The summed E-state index contributed by atoms with van der Waals surface area (Å²) in [6.45, 7) is 2.15. The van der Waals surface area contributed by atoms with Crippen LogP contribution in [0.25, 0.3) is 22.5 Å². The van der Waals surface area contributed by atoms with Crippen LogP contribution in [0.3, 0.4) is 0 Å². The molecule has 3 aromatic rings. The number of cyclic esters (lactones) is 1. The Balaban J connectivity index is 1.46. The molecular formula is C25H26N4O4. The van der Waals surface area contributed by atoms with E-state index >= 15 is 0 Å². The van der Waals surface area contributed by atoms with Crippen LogP contribution in [0.2, 0.25) is 0 Å². The SMILES string of the molecule is COc1ccc(-c2n[nH]c3c2CCCc2ccc(N4C[C@H](CNC(C)=O)OC4=O)cc2-3)cc1. The number of rotatable bonds is 5. The Hall–Kier alpha value is -3.81. The minimum atomic E-state index is -0.400. The van der Waals surface area contributed by atoms with Crippen molar-refractivity contribution in [3.63, 3.8) is 0 Å². The molecule has 2 aliphatic rings. The molecule has 0 unspecified atom stereocenters. The fraction of sp³-hybridized carbons (Fsp3) is 0.320. The molecule has 1 fully saturated rings. The number of nitrogens with zero attached hydrogens (tertiary/aromatic N) is 2. The number of hydrogen-bond donors (Lipinski definition) is 2. The lowest BCUT2D eigenvalue weighted by Gasteiger charge is -2.16. The van der Waals surface area contributed by atoms with Gasteiger partial charge in [0, 0.05) is 29.3 Å². The lowest BCUT2D eigenvalue weighted by atomic mass is 9.99. The van der Waals surface area contributed by atoms with Gasteiger partial charge in [-0.2, -0.15) is 5.10 Å². The van der Waals surface area contributed by atoms with E-state index in [1.807, 2.05) is 36.4 Å². The molecule has 5 rings (SSSR count). The molecular weight excluding hydrogens is 420 g/mol. The summed E-state index contributed by atoms with van der Waals surface area (Å²) in [5, 5.41) is 10.6. The zero-order valence-electron chi connectivity index (χ0n) is 18.7. The second-order valence-electron chi connectivity index (χ2n) is 8.40. The van der Waals surface area contributed by atoms with Crippen LogP contribution in [0.15, 0.2) is 42.5 Å². The molecule has 170 valence electrons. The molecule has 8 heteroatoms. The van der Waals surface area contributed by atoms with Crippen molar-refractivity contribution >= 4 is 17.7 Å². The first kappa shape index (κ1) is 21.1. The fourth-order valence-electron chi connectivity index (χ4n) is 4.55. The van der Waals surface area contributed by atoms with Crippen molar-refractivity contribution in [2.75, 3.05) is 25.1 Å². The Kier molecular flexibility index (Phi) is 5.50. The van der Waals surface area contributed by atoms with Gasteiger partial charge in [-0.05, 0) is 61.2 Å². The van der Waals surface area contributed by atoms with Crippen LogP contribution in [0, 0.1) is 0 Å². The van der Waals surface area contributed by atoms with E-state index in [0.29, 0.717) is 13.1 Å². The number of carbonyl (C=O) groups is 2. The fourth-order valence-corrected chi connectivity index (χ4v) is 4.55. The highest BCUT2D eigenvalue weighted by Crippen LogP contribution is 2.38. The number of carbonyl (C=O) groups excluding carboxylic acids is 2. The molecule has 8 nitrogen and oxygen atoms in total. The number of nitrogens with one attached hydrogen (secondary N) is 2. The van der Waals surface area contributed by atoms with Gasteiger partial charge in [0.05, 0.1) is 31.6 Å². The zero-order chi connectivity index (χ0) is 22.9. The third kappa shape index (κ3) is 4.04.